The molecule has 8 nitrogen and oxygen atoms in total. The normalized spacial score (nSPS) is 15.4. The van der Waals surface area contributed by atoms with E-state index < -0.39 is 11.6 Å². The van der Waals surface area contributed by atoms with E-state index >= 15 is 0 Å². The van der Waals surface area contributed by atoms with Gasteiger partial charge >= 0.3 is 0 Å². The number of fused-ring (bicyclic) bond motifs is 1. The molecule has 1 aromatic heterocycles. The van der Waals surface area contributed by atoms with Gasteiger partial charge in [0.15, 0.2) is 0 Å². The second-order valence-electron chi connectivity index (χ2n) is 8.10. The number of hydrogen-bond donors (Lipinski definition) is 1. The Morgan fingerprint density at radius 2 is 1.92 bits per heavy atom. The van der Waals surface area contributed by atoms with Crippen LogP contribution in [0.25, 0.3) is 0 Å². The van der Waals surface area contributed by atoms with Crippen molar-refractivity contribution in [3.8, 4) is 29.1 Å². The first-order chi connectivity index (χ1) is 17.3. The highest BCUT2D eigenvalue weighted by molar-refractivity contribution is 5.95. The van der Waals surface area contributed by atoms with E-state index in [2.05, 4.69) is 16.8 Å². The number of aromatic nitrogens is 1. The van der Waals surface area contributed by atoms with Gasteiger partial charge in [0.1, 0.15) is 22.9 Å². The first kappa shape index (κ1) is 24.7. The van der Waals surface area contributed by atoms with Gasteiger partial charge in [-0.2, -0.15) is 0 Å². The quantitative estimate of drug-likeness (QED) is 0.565. The maximum Gasteiger partial charge on any atom is 0.267 e. The van der Waals surface area contributed by atoms with E-state index in [1.165, 1.54) is 12.3 Å². The van der Waals surface area contributed by atoms with Crippen molar-refractivity contribution in [3.05, 3.63) is 78.1 Å². The highest BCUT2D eigenvalue weighted by Crippen LogP contribution is 2.31. The highest BCUT2D eigenvalue weighted by atomic mass is 19.1. The summed E-state index contributed by atoms with van der Waals surface area (Å²) in [6.45, 7) is 0.408. The Kier molecular flexibility index (Phi) is 7.47. The lowest BCUT2D eigenvalue weighted by molar-refractivity contribution is -0.118. The van der Waals surface area contributed by atoms with Crippen LogP contribution in [0.4, 0.5) is 10.1 Å². The Balaban J connectivity index is 0.000000174. The molecule has 3 aromatic rings. The number of hydrogen-bond acceptors (Lipinski definition) is 6. The number of anilines is 1. The number of primary amides is 1. The van der Waals surface area contributed by atoms with E-state index in [0.717, 1.165) is 0 Å². The molecule has 2 aliphatic heterocycles. The third kappa shape index (κ3) is 6.17. The fraction of sp³-hybridized carbons (Fsp3) is 0.222. The molecule has 2 aromatic carbocycles. The van der Waals surface area contributed by atoms with E-state index in [-0.39, 0.29) is 24.8 Å². The first-order valence-corrected chi connectivity index (χ1v) is 11.1. The number of para-hydroxylation sites is 1. The van der Waals surface area contributed by atoms with Crippen molar-refractivity contribution in [3.63, 3.8) is 0 Å². The smallest absolute Gasteiger partial charge is 0.267 e. The van der Waals surface area contributed by atoms with Gasteiger partial charge in [-0.25, -0.2) is 4.39 Å². The number of ether oxygens (including phenoxy) is 3. The largest absolute Gasteiger partial charge is 0.491 e. The summed E-state index contributed by atoms with van der Waals surface area (Å²) in [5.74, 6) is 6.67. The van der Waals surface area contributed by atoms with Crippen LogP contribution in [0.1, 0.15) is 22.5 Å². The van der Waals surface area contributed by atoms with Gasteiger partial charge in [-0.1, -0.05) is 30.0 Å². The van der Waals surface area contributed by atoms with Crippen molar-refractivity contribution in [2.24, 2.45) is 5.73 Å². The molecule has 0 bridgehead atoms. The molecule has 9 heteroatoms. The van der Waals surface area contributed by atoms with Crippen LogP contribution >= 0.6 is 0 Å². The highest BCUT2D eigenvalue weighted by Gasteiger charge is 2.36. The standard InChI is InChI=1S/C15H14FNO3.C12H10N2O2/c1-17-12-8-11(4-6-15(16)9-19-10-15)2-3-13(12)20-7-5-14(17)18;13-12(15)11-8-10(6-7-14-11)16-9-4-2-1-3-5-9/h2-3,8H,5,7,9-10H2,1H3;1-8H,(H2,13,15). The summed E-state index contributed by atoms with van der Waals surface area (Å²) < 4.78 is 29.6. The Hall–Kier alpha value is -4.42. The van der Waals surface area contributed by atoms with Crippen molar-refractivity contribution < 1.29 is 28.2 Å². The fourth-order valence-electron chi connectivity index (χ4n) is 3.30. The van der Waals surface area contributed by atoms with Gasteiger partial charge < -0.3 is 24.8 Å². The third-order valence-corrected chi connectivity index (χ3v) is 5.32. The summed E-state index contributed by atoms with van der Waals surface area (Å²) in [4.78, 5) is 28.1. The average Bonchev–Trinajstić information content (AvgIpc) is 3.00. The molecule has 2 N–H and O–H groups in total. The Morgan fingerprint density at radius 1 is 1.14 bits per heavy atom. The predicted octanol–water partition coefficient (Wildman–Crippen LogP) is 3.49. The minimum Gasteiger partial charge on any atom is -0.491 e. The molecule has 5 rings (SSSR count). The van der Waals surface area contributed by atoms with Crippen LogP contribution in [0, 0.1) is 11.8 Å². The number of rotatable bonds is 3. The van der Waals surface area contributed by atoms with Crippen molar-refractivity contribution in [1.82, 2.24) is 4.98 Å². The van der Waals surface area contributed by atoms with Crippen molar-refractivity contribution in [1.29, 1.82) is 0 Å². The fourth-order valence-corrected chi connectivity index (χ4v) is 3.30. The van der Waals surface area contributed by atoms with E-state index in [0.29, 0.717) is 41.5 Å². The zero-order valence-electron chi connectivity index (χ0n) is 19.6. The van der Waals surface area contributed by atoms with Crippen LogP contribution in [-0.2, 0) is 9.53 Å². The zero-order chi connectivity index (χ0) is 25.5. The number of nitrogens with zero attached hydrogens (tertiary/aromatic N) is 2. The predicted molar refractivity (Wildman–Crippen MR) is 131 cm³/mol. The van der Waals surface area contributed by atoms with Gasteiger partial charge in [-0.3, -0.25) is 14.6 Å². The summed E-state index contributed by atoms with van der Waals surface area (Å²) in [6.07, 6.45) is 1.83. The molecule has 0 unspecified atom stereocenters. The van der Waals surface area contributed by atoms with Gasteiger partial charge in [0.25, 0.3) is 5.91 Å². The minimum atomic E-state index is -1.54. The summed E-state index contributed by atoms with van der Waals surface area (Å²) in [7, 11) is 1.70. The molecular formula is C27H24FN3O5. The number of carbonyl (C=O) groups excluding carboxylic acids is 2. The number of alkyl halides is 1. The van der Waals surface area contributed by atoms with Crippen LogP contribution in [0.2, 0.25) is 0 Å². The molecule has 0 spiro atoms. The molecule has 0 atom stereocenters. The average molecular weight is 490 g/mol. The summed E-state index contributed by atoms with van der Waals surface area (Å²) in [5.41, 5.74) is 5.09. The van der Waals surface area contributed by atoms with Gasteiger partial charge in [0.2, 0.25) is 11.6 Å². The van der Waals surface area contributed by atoms with Crippen LogP contribution in [0.3, 0.4) is 0 Å². The number of pyridine rings is 1. The Morgan fingerprint density at radius 3 is 2.61 bits per heavy atom. The lowest BCUT2D eigenvalue weighted by Gasteiger charge is -2.28. The number of benzene rings is 2. The lowest BCUT2D eigenvalue weighted by Crippen LogP contribution is -2.44. The monoisotopic (exact) mass is 489 g/mol. The number of nitrogens with two attached hydrogens (primary N) is 1. The molecular weight excluding hydrogens is 465 g/mol. The van der Waals surface area contributed by atoms with Crippen molar-refractivity contribution in [2.75, 3.05) is 31.8 Å². The maximum absolute atomic E-state index is 13.7. The molecule has 2 aliphatic rings. The van der Waals surface area contributed by atoms with Crippen molar-refractivity contribution in [2.45, 2.75) is 12.1 Å². The molecule has 3 heterocycles. The second kappa shape index (κ2) is 10.9. The van der Waals surface area contributed by atoms with Gasteiger partial charge in [-0.15, -0.1) is 0 Å². The lowest BCUT2D eigenvalue weighted by atomic mass is 10.0. The second-order valence-corrected chi connectivity index (χ2v) is 8.10. The zero-order valence-corrected chi connectivity index (χ0v) is 19.6. The van der Waals surface area contributed by atoms with E-state index in [9.17, 15) is 14.0 Å². The van der Waals surface area contributed by atoms with Crippen LogP contribution < -0.4 is 20.1 Å². The number of carbonyl (C=O) groups is 2. The number of amides is 2. The van der Waals surface area contributed by atoms with Crippen LogP contribution in [0.5, 0.6) is 17.2 Å². The van der Waals surface area contributed by atoms with E-state index in [1.54, 1.807) is 36.2 Å². The van der Waals surface area contributed by atoms with Gasteiger partial charge in [-0.05, 0) is 36.4 Å². The van der Waals surface area contributed by atoms with Gasteiger partial charge in [0.05, 0.1) is 31.9 Å². The molecule has 0 saturated carbocycles. The maximum atomic E-state index is 13.7. The van der Waals surface area contributed by atoms with Crippen molar-refractivity contribution >= 4 is 17.5 Å². The molecule has 2 amide bonds. The Labute approximate surface area is 207 Å². The molecule has 0 aliphatic carbocycles. The van der Waals surface area contributed by atoms with Crippen LogP contribution in [0.15, 0.2) is 66.9 Å². The minimum absolute atomic E-state index is 0.0109. The summed E-state index contributed by atoms with van der Waals surface area (Å²) in [5, 5.41) is 0. The topological polar surface area (TPSA) is 104 Å². The molecule has 1 saturated heterocycles. The van der Waals surface area contributed by atoms with Crippen LogP contribution in [-0.4, -0.2) is 49.3 Å². The van der Waals surface area contributed by atoms with E-state index in [4.69, 9.17) is 19.9 Å². The molecule has 36 heavy (non-hydrogen) atoms. The van der Waals surface area contributed by atoms with Gasteiger partial charge in [0, 0.05) is 24.9 Å². The molecule has 184 valence electrons. The molecule has 1 fully saturated rings. The number of halogens is 1. The SMILES string of the molecule is CN1C(=O)CCOc2ccc(C#CC3(F)COC3)cc21.NC(=O)c1cc(Oc2ccccc2)ccn1. The summed E-state index contributed by atoms with van der Waals surface area (Å²) in [6, 6.07) is 17.7. The first-order valence-electron chi connectivity index (χ1n) is 11.1. The third-order valence-electron chi connectivity index (χ3n) is 5.32. The summed E-state index contributed by atoms with van der Waals surface area (Å²) >= 11 is 0. The molecule has 0 radical (unpaired) electrons. The Bertz CT molecular complexity index is 1320. The van der Waals surface area contributed by atoms with E-state index in [1.807, 2.05) is 30.3 Å².